The lowest BCUT2D eigenvalue weighted by atomic mass is 10.1. The Balaban J connectivity index is 1.39. The Morgan fingerprint density at radius 2 is 1.60 bits per heavy atom. The van der Waals surface area contributed by atoms with E-state index in [-0.39, 0.29) is 11.8 Å². The summed E-state index contributed by atoms with van der Waals surface area (Å²) in [4.78, 5) is 28.4. The van der Waals surface area contributed by atoms with Gasteiger partial charge in [0.25, 0.3) is 0 Å². The third-order valence-corrected chi connectivity index (χ3v) is 4.80. The van der Waals surface area contributed by atoms with Gasteiger partial charge in [-0.1, -0.05) is 17.7 Å². The predicted molar refractivity (Wildman–Crippen MR) is 98.6 cm³/mol. The second-order valence-corrected chi connectivity index (χ2v) is 7.26. The number of benzene rings is 1. The highest BCUT2D eigenvalue weighted by molar-refractivity contribution is 5.93. The maximum atomic E-state index is 12.3. The van der Waals surface area contributed by atoms with E-state index in [9.17, 15) is 9.59 Å². The molecule has 25 heavy (non-hydrogen) atoms. The van der Waals surface area contributed by atoms with E-state index in [1.807, 2.05) is 26.0 Å². The fourth-order valence-electron chi connectivity index (χ4n) is 3.16. The average molecular weight is 344 g/mol. The summed E-state index contributed by atoms with van der Waals surface area (Å²) in [6.45, 7) is 8.21. The van der Waals surface area contributed by atoms with E-state index in [0.717, 1.165) is 50.3 Å². The first-order valence-corrected chi connectivity index (χ1v) is 9.11. The highest BCUT2D eigenvalue weighted by Gasteiger charge is 2.25. The number of hydrogen-bond donors (Lipinski definition) is 2. The lowest BCUT2D eigenvalue weighted by Gasteiger charge is -2.33. The second-order valence-electron chi connectivity index (χ2n) is 7.26. The molecule has 1 aliphatic carbocycles. The largest absolute Gasteiger partial charge is 0.352 e. The Kier molecular flexibility index (Phi) is 5.71. The first-order valence-electron chi connectivity index (χ1n) is 9.11. The molecule has 0 unspecified atom stereocenters. The van der Waals surface area contributed by atoms with Crippen LogP contribution < -0.4 is 10.6 Å². The molecule has 1 heterocycles. The van der Waals surface area contributed by atoms with E-state index in [2.05, 4.69) is 26.5 Å². The molecule has 1 aromatic carbocycles. The Hall–Kier alpha value is -1.92. The van der Waals surface area contributed by atoms with Gasteiger partial charge in [0, 0.05) is 37.9 Å². The van der Waals surface area contributed by atoms with Crippen LogP contribution >= 0.6 is 0 Å². The van der Waals surface area contributed by atoms with Crippen LogP contribution in [0.5, 0.6) is 0 Å². The molecule has 3 rings (SSSR count). The van der Waals surface area contributed by atoms with Crippen LogP contribution in [0.15, 0.2) is 18.2 Å². The first-order chi connectivity index (χ1) is 12.0. The van der Waals surface area contributed by atoms with E-state index in [4.69, 9.17) is 0 Å². The van der Waals surface area contributed by atoms with Crippen molar-refractivity contribution in [1.82, 2.24) is 15.1 Å². The zero-order chi connectivity index (χ0) is 17.8. The van der Waals surface area contributed by atoms with Gasteiger partial charge in [-0.3, -0.25) is 19.4 Å². The van der Waals surface area contributed by atoms with Crippen molar-refractivity contribution in [3.05, 3.63) is 29.3 Å². The van der Waals surface area contributed by atoms with Gasteiger partial charge < -0.3 is 10.6 Å². The van der Waals surface area contributed by atoms with Crippen molar-refractivity contribution < 1.29 is 9.59 Å². The zero-order valence-electron chi connectivity index (χ0n) is 15.2. The van der Waals surface area contributed by atoms with E-state index < -0.39 is 0 Å². The molecular formula is C19H28N4O2. The van der Waals surface area contributed by atoms with Gasteiger partial charge >= 0.3 is 0 Å². The fraction of sp³-hybridized carbons (Fsp3) is 0.579. The van der Waals surface area contributed by atoms with Crippen LogP contribution in [0.1, 0.15) is 24.0 Å². The Morgan fingerprint density at radius 1 is 1.00 bits per heavy atom. The standard InChI is InChI=1S/C19H28N4O2/c1-14-3-6-17(15(2)11-14)21-19(25)13-23-9-7-22(8-10-23)12-18(24)20-16-4-5-16/h3,6,11,16H,4-5,7-10,12-13H2,1-2H3,(H,20,24)(H,21,25). The summed E-state index contributed by atoms with van der Waals surface area (Å²) in [5, 5.41) is 6.02. The minimum absolute atomic E-state index is 0.0203. The number of carbonyl (C=O) groups excluding carboxylic acids is 2. The van der Waals surface area contributed by atoms with Gasteiger partial charge in [0.05, 0.1) is 13.1 Å². The lowest BCUT2D eigenvalue weighted by Crippen LogP contribution is -2.51. The molecule has 6 heteroatoms. The number of nitrogens with one attached hydrogen (secondary N) is 2. The van der Waals surface area contributed by atoms with E-state index in [1.54, 1.807) is 0 Å². The summed E-state index contributed by atoms with van der Waals surface area (Å²) in [6.07, 6.45) is 2.24. The van der Waals surface area contributed by atoms with Crippen LogP contribution in [0.4, 0.5) is 5.69 Å². The quantitative estimate of drug-likeness (QED) is 0.812. The highest BCUT2D eigenvalue weighted by Crippen LogP contribution is 2.18. The Bertz CT molecular complexity index is 634. The molecule has 2 aliphatic rings. The predicted octanol–water partition coefficient (Wildman–Crippen LogP) is 1.14. The van der Waals surface area contributed by atoms with Crippen LogP contribution in [0.2, 0.25) is 0 Å². The number of aryl methyl sites for hydroxylation is 2. The summed E-state index contributed by atoms with van der Waals surface area (Å²) in [5.41, 5.74) is 3.16. The van der Waals surface area contributed by atoms with Crippen LogP contribution in [0, 0.1) is 13.8 Å². The van der Waals surface area contributed by atoms with E-state index in [0.29, 0.717) is 19.1 Å². The van der Waals surface area contributed by atoms with Crippen LogP contribution in [0.3, 0.4) is 0 Å². The molecule has 1 aromatic rings. The normalized spacial score (nSPS) is 18.8. The molecule has 1 saturated heterocycles. The average Bonchev–Trinajstić information content (AvgIpc) is 3.36. The van der Waals surface area contributed by atoms with E-state index >= 15 is 0 Å². The molecule has 1 aliphatic heterocycles. The molecule has 0 atom stereocenters. The van der Waals surface area contributed by atoms with Crippen LogP contribution in [-0.2, 0) is 9.59 Å². The molecule has 0 spiro atoms. The topological polar surface area (TPSA) is 64.7 Å². The van der Waals surface area contributed by atoms with Crippen molar-refractivity contribution in [2.24, 2.45) is 0 Å². The number of carbonyl (C=O) groups is 2. The van der Waals surface area contributed by atoms with Gasteiger partial charge in [0.1, 0.15) is 0 Å². The van der Waals surface area contributed by atoms with Crippen LogP contribution in [-0.4, -0.2) is 66.9 Å². The summed E-state index contributed by atoms with van der Waals surface area (Å²) in [7, 11) is 0. The molecule has 2 amide bonds. The van der Waals surface area contributed by atoms with Crippen molar-refractivity contribution in [2.75, 3.05) is 44.6 Å². The van der Waals surface area contributed by atoms with Crippen molar-refractivity contribution in [2.45, 2.75) is 32.7 Å². The monoisotopic (exact) mass is 344 g/mol. The Labute approximate surface area is 149 Å². The number of piperazine rings is 1. The Morgan fingerprint density at radius 3 is 2.16 bits per heavy atom. The summed E-state index contributed by atoms with van der Waals surface area (Å²) in [6, 6.07) is 6.46. The molecule has 0 bridgehead atoms. The zero-order valence-corrected chi connectivity index (χ0v) is 15.2. The first kappa shape index (κ1) is 17.9. The highest BCUT2D eigenvalue weighted by atomic mass is 16.2. The number of anilines is 1. The second kappa shape index (κ2) is 7.97. The van der Waals surface area contributed by atoms with Crippen molar-refractivity contribution >= 4 is 17.5 Å². The van der Waals surface area contributed by atoms with Crippen molar-refractivity contribution in [3.63, 3.8) is 0 Å². The van der Waals surface area contributed by atoms with Gasteiger partial charge in [-0.15, -0.1) is 0 Å². The van der Waals surface area contributed by atoms with Crippen molar-refractivity contribution in [3.8, 4) is 0 Å². The maximum Gasteiger partial charge on any atom is 0.238 e. The minimum atomic E-state index is 0.0203. The van der Waals surface area contributed by atoms with Gasteiger partial charge in [-0.25, -0.2) is 0 Å². The molecule has 2 N–H and O–H groups in total. The summed E-state index contributed by atoms with van der Waals surface area (Å²) >= 11 is 0. The smallest absolute Gasteiger partial charge is 0.238 e. The number of nitrogens with zero attached hydrogens (tertiary/aromatic N) is 2. The summed E-state index contributed by atoms with van der Waals surface area (Å²) in [5.74, 6) is 0.149. The lowest BCUT2D eigenvalue weighted by molar-refractivity contribution is -0.123. The molecule has 1 saturated carbocycles. The van der Waals surface area contributed by atoms with Gasteiger partial charge in [-0.2, -0.15) is 0 Å². The fourth-order valence-corrected chi connectivity index (χ4v) is 3.16. The number of rotatable bonds is 6. The molecule has 0 radical (unpaired) electrons. The number of amides is 2. The van der Waals surface area contributed by atoms with Crippen molar-refractivity contribution in [1.29, 1.82) is 0 Å². The van der Waals surface area contributed by atoms with Gasteiger partial charge in [0.15, 0.2) is 0 Å². The number of hydrogen-bond acceptors (Lipinski definition) is 4. The minimum Gasteiger partial charge on any atom is -0.352 e. The van der Waals surface area contributed by atoms with E-state index in [1.165, 1.54) is 5.56 Å². The molecule has 0 aromatic heterocycles. The van der Waals surface area contributed by atoms with Crippen LogP contribution in [0.25, 0.3) is 0 Å². The molecular weight excluding hydrogens is 316 g/mol. The molecule has 6 nitrogen and oxygen atoms in total. The molecule has 136 valence electrons. The SMILES string of the molecule is Cc1ccc(NC(=O)CN2CCN(CC(=O)NC3CC3)CC2)c(C)c1. The third kappa shape index (κ3) is 5.54. The molecule has 2 fully saturated rings. The third-order valence-electron chi connectivity index (χ3n) is 4.80. The van der Waals surface area contributed by atoms with Gasteiger partial charge in [-0.05, 0) is 38.3 Å². The maximum absolute atomic E-state index is 12.3. The van der Waals surface area contributed by atoms with Gasteiger partial charge in [0.2, 0.25) is 11.8 Å². The summed E-state index contributed by atoms with van der Waals surface area (Å²) < 4.78 is 0.